The predicted molar refractivity (Wildman–Crippen MR) is 123 cm³/mol. The van der Waals surface area contributed by atoms with Gasteiger partial charge in [-0.2, -0.15) is 13.4 Å². The molecule has 2 aromatic rings. The van der Waals surface area contributed by atoms with Crippen LogP contribution in [0.3, 0.4) is 0 Å². The van der Waals surface area contributed by atoms with Crippen molar-refractivity contribution in [3.05, 3.63) is 76.6 Å². The Morgan fingerprint density at radius 1 is 1.24 bits per heavy atom. The van der Waals surface area contributed by atoms with E-state index in [0.29, 0.717) is 28.3 Å². The van der Waals surface area contributed by atoms with Gasteiger partial charge in [-0.15, -0.1) is 0 Å². The Kier molecular flexibility index (Phi) is 5.95. The number of aryl methyl sites for hydroxylation is 1. The van der Waals surface area contributed by atoms with Crippen molar-refractivity contribution in [2.75, 3.05) is 5.32 Å². The van der Waals surface area contributed by atoms with Crippen LogP contribution < -0.4 is 10.1 Å². The second-order valence-corrected chi connectivity index (χ2v) is 8.42. The summed E-state index contributed by atoms with van der Waals surface area (Å²) in [4.78, 5) is 16.0. The number of allylic oxidation sites excluding steroid dienone is 1. The summed E-state index contributed by atoms with van der Waals surface area (Å²) in [6.07, 6.45) is 6.15. The van der Waals surface area contributed by atoms with Crippen LogP contribution in [0.1, 0.15) is 40.9 Å². The number of aliphatic imine (C=N–C) groups is 1. The summed E-state index contributed by atoms with van der Waals surface area (Å²) < 4.78 is 32.0. The maximum absolute atomic E-state index is 12.8. The molecule has 2 aromatic carbocycles. The number of nitrogens with one attached hydrogen (secondary N) is 1. The number of ether oxygens (including phenoxy) is 1. The van der Waals surface area contributed by atoms with Crippen LogP contribution in [0.15, 0.2) is 59.4 Å². The molecule has 2 aliphatic heterocycles. The lowest BCUT2D eigenvalue weighted by Crippen LogP contribution is -2.29. The normalized spacial score (nSPS) is 15.0. The number of aliphatic hydroxyl groups is 1. The minimum absolute atomic E-state index is 0.0864. The van der Waals surface area contributed by atoms with Crippen molar-refractivity contribution in [1.82, 2.24) is 0 Å². The van der Waals surface area contributed by atoms with E-state index in [9.17, 15) is 18.7 Å². The van der Waals surface area contributed by atoms with E-state index in [1.165, 1.54) is 6.07 Å². The highest BCUT2D eigenvalue weighted by Crippen LogP contribution is 2.30. The van der Waals surface area contributed by atoms with Gasteiger partial charge < -0.3 is 15.2 Å². The number of amidine groups is 1. The molecule has 170 valence electrons. The van der Waals surface area contributed by atoms with E-state index in [0.717, 1.165) is 23.0 Å². The first-order chi connectivity index (χ1) is 15.7. The van der Waals surface area contributed by atoms with Gasteiger partial charge in [-0.1, -0.05) is 23.8 Å². The maximum atomic E-state index is 12.8. The fraction of sp³-hybridized carbons (Fsp3) is 0.240. The minimum atomic E-state index is -2.93. The van der Waals surface area contributed by atoms with Crippen molar-refractivity contribution in [3.8, 4) is 5.75 Å². The molecule has 0 fully saturated rings. The fourth-order valence-corrected chi connectivity index (χ4v) is 3.78. The van der Waals surface area contributed by atoms with Gasteiger partial charge in [0.25, 0.3) is 0 Å². The second-order valence-electron chi connectivity index (χ2n) is 8.42. The number of anilines is 1. The van der Waals surface area contributed by atoms with E-state index in [2.05, 4.69) is 15.0 Å². The number of carbonyl (C=O) groups is 1. The Morgan fingerprint density at radius 3 is 2.73 bits per heavy atom. The molecule has 6 nitrogen and oxygen atoms in total. The summed E-state index contributed by atoms with van der Waals surface area (Å²) in [5, 5.41) is 13.6. The van der Waals surface area contributed by atoms with Crippen LogP contribution in [-0.2, 0) is 6.54 Å². The van der Waals surface area contributed by atoms with Crippen LogP contribution in [-0.4, -0.2) is 40.2 Å². The van der Waals surface area contributed by atoms with Crippen molar-refractivity contribution in [1.29, 1.82) is 0 Å². The van der Waals surface area contributed by atoms with Gasteiger partial charge in [-0.05, 0) is 49.5 Å². The molecule has 2 N–H and O–H groups in total. The van der Waals surface area contributed by atoms with Crippen molar-refractivity contribution < 1.29 is 28.0 Å². The molecule has 0 aromatic heterocycles. The highest BCUT2D eigenvalue weighted by Gasteiger charge is 2.38. The highest BCUT2D eigenvalue weighted by atomic mass is 19.3. The molecule has 0 atom stereocenters. The topological polar surface area (TPSA) is 73.9 Å². The number of carbonyl (C=O) groups excluding carboxylic acids is 1. The van der Waals surface area contributed by atoms with Crippen LogP contribution in [0.4, 0.5) is 14.5 Å². The van der Waals surface area contributed by atoms with Gasteiger partial charge in [0, 0.05) is 35.0 Å². The first kappa shape index (κ1) is 22.5. The first-order valence-corrected chi connectivity index (χ1v) is 10.4. The lowest BCUT2D eigenvalue weighted by atomic mass is 10.0. The SMILES string of the molecule is Cc1ccc(OC(F)F)c(CNc2cc(C3=CC4=NC=C(C(C)(C)O)[N+]4=C3)ccc2C=O)c1. The van der Waals surface area contributed by atoms with E-state index < -0.39 is 12.2 Å². The van der Waals surface area contributed by atoms with Crippen LogP contribution in [0.2, 0.25) is 0 Å². The number of aldehydes is 1. The Labute approximate surface area is 190 Å². The molecule has 0 radical (unpaired) electrons. The molecule has 0 bridgehead atoms. The van der Waals surface area contributed by atoms with Gasteiger partial charge in [-0.25, -0.2) is 0 Å². The molecular weight excluding hydrogens is 428 g/mol. The first-order valence-electron chi connectivity index (χ1n) is 10.4. The van der Waals surface area contributed by atoms with Crippen molar-refractivity contribution in [2.24, 2.45) is 4.99 Å². The third kappa shape index (κ3) is 4.75. The molecule has 0 saturated carbocycles. The Hall–Kier alpha value is -3.65. The smallest absolute Gasteiger partial charge is 0.387 e. The zero-order chi connectivity index (χ0) is 23.8. The van der Waals surface area contributed by atoms with E-state index in [4.69, 9.17) is 0 Å². The van der Waals surface area contributed by atoms with Crippen LogP contribution >= 0.6 is 0 Å². The molecule has 0 unspecified atom stereocenters. The number of rotatable bonds is 8. The highest BCUT2D eigenvalue weighted by molar-refractivity contribution is 6.20. The molecule has 0 aliphatic carbocycles. The minimum Gasteiger partial charge on any atom is -0.434 e. The largest absolute Gasteiger partial charge is 0.434 e. The molecule has 0 spiro atoms. The Bertz CT molecular complexity index is 1240. The zero-order valence-electron chi connectivity index (χ0n) is 18.5. The molecule has 2 aliphatic rings. The Morgan fingerprint density at radius 2 is 2.03 bits per heavy atom. The number of alkyl halides is 2. The molecule has 4 rings (SSSR count). The van der Waals surface area contributed by atoms with E-state index in [1.54, 1.807) is 38.2 Å². The van der Waals surface area contributed by atoms with Gasteiger partial charge in [0.1, 0.15) is 17.6 Å². The van der Waals surface area contributed by atoms with E-state index in [1.807, 2.05) is 35.9 Å². The summed E-state index contributed by atoms with van der Waals surface area (Å²) >= 11 is 0. The van der Waals surface area contributed by atoms with Gasteiger partial charge in [0.15, 0.2) is 18.2 Å². The van der Waals surface area contributed by atoms with Crippen molar-refractivity contribution in [3.63, 3.8) is 0 Å². The van der Waals surface area contributed by atoms with Gasteiger partial charge in [-0.3, -0.25) is 4.79 Å². The summed E-state index contributed by atoms with van der Waals surface area (Å²) in [7, 11) is 0. The predicted octanol–water partition coefficient (Wildman–Crippen LogP) is 4.53. The number of nitrogens with zero attached hydrogens (tertiary/aromatic N) is 2. The number of hydrogen-bond acceptors (Lipinski definition) is 5. The molecule has 0 amide bonds. The number of benzene rings is 2. The monoisotopic (exact) mass is 452 g/mol. The number of fused-ring (bicyclic) bond motifs is 1. The fourth-order valence-electron chi connectivity index (χ4n) is 3.78. The van der Waals surface area contributed by atoms with Gasteiger partial charge >= 0.3 is 12.4 Å². The zero-order valence-corrected chi connectivity index (χ0v) is 18.5. The standard InChI is InChI=1S/C25H23F2N3O3/c1-15-4-7-21(33-24(26)27)18(8-15)11-28-20-9-16(5-6-17(20)14-31)19-10-23-29-12-22(25(2,3)32)30(23)13-19/h4-10,12-14,24,32H,11H2,1-3H3/p+1. The summed E-state index contributed by atoms with van der Waals surface area (Å²) in [6.45, 7) is 2.52. The Balaban J connectivity index is 1.60. The molecule has 8 heteroatoms. The van der Waals surface area contributed by atoms with Crippen molar-refractivity contribution in [2.45, 2.75) is 39.5 Å². The third-order valence-corrected chi connectivity index (χ3v) is 5.42. The van der Waals surface area contributed by atoms with E-state index in [-0.39, 0.29) is 12.3 Å². The van der Waals surface area contributed by atoms with Crippen LogP contribution in [0.25, 0.3) is 5.57 Å². The molecule has 2 heterocycles. The average Bonchev–Trinajstić information content (AvgIpc) is 3.33. The average molecular weight is 452 g/mol. The molecule has 33 heavy (non-hydrogen) atoms. The van der Waals surface area contributed by atoms with Gasteiger partial charge in [0.05, 0.1) is 0 Å². The summed E-state index contributed by atoms with van der Waals surface area (Å²) in [5.74, 6) is 0.785. The van der Waals surface area contributed by atoms with Gasteiger partial charge in [0.2, 0.25) is 0 Å². The van der Waals surface area contributed by atoms with Crippen LogP contribution in [0, 0.1) is 6.92 Å². The second kappa shape index (κ2) is 8.71. The van der Waals surface area contributed by atoms with E-state index >= 15 is 0 Å². The molecule has 0 saturated heterocycles. The maximum Gasteiger partial charge on any atom is 0.387 e. The summed E-state index contributed by atoms with van der Waals surface area (Å²) in [5.41, 5.74) is 3.78. The quantitative estimate of drug-likeness (QED) is 0.456. The number of halogens is 2. The molecular formula is C25H24F2N3O3+. The van der Waals surface area contributed by atoms with Crippen LogP contribution in [0.5, 0.6) is 5.75 Å². The lowest BCUT2D eigenvalue weighted by molar-refractivity contribution is -0.357. The number of hydrogen-bond donors (Lipinski definition) is 2. The third-order valence-electron chi connectivity index (χ3n) is 5.42. The lowest BCUT2D eigenvalue weighted by Gasteiger charge is -2.16. The van der Waals surface area contributed by atoms with Crippen molar-refractivity contribution >= 4 is 29.6 Å². The summed E-state index contributed by atoms with van der Waals surface area (Å²) in [6, 6.07) is 10.3.